The van der Waals surface area contributed by atoms with Gasteiger partial charge >= 0.3 is 0 Å². The van der Waals surface area contributed by atoms with Crippen LogP contribution in [-0.2, 0) is 0 Å². The molecule has 0 heterocycles. The highest BCUT2D eigenvalue weighted by Gasteiger charge is 2.43. The molecule has 1 nitrogen and oxygen atoms in total. The Kier molecular flexibility index (Phi) is 2.82. The minimum atomic E-state index is -0.375. The van der Waals surface area contributed by atoms with Gasteiger partial charge in [-0.05, 0) is 24.7 Å². The Hall–Kier alpha value is -0.0400. The summed E-state index contributed by atoms with van der Waals surface area (Å²) < 4.78 is 0. The minimum absolute atomic E-state index is 0.140. The van der Waals surface area contributed by atoms with Crippen LogP contribution in [0, 0.1) is 5.41 Å². The Morgan fingerprint density at radius 3 is 2.25 bits per heavy atom. The van der Waals surface area contributed by atoms with Gasteiger partial charge in [0.25, 0.3) is 0 Å². The highest BCUT2D eigenvalue weighted by atomic mass is 16.3. The standard InChI is InChI=1S/C11H22O/c1-4-7-11(12)9-6-5-8-10(11,2)3/h12H,4-9H2,1-3H3. The van der Waals surface area contributed by atoms with Crippen molar-refractivity contribution < 1.29 is 5.11 Å². The molecule has 0 aromatic rings. The van der Waals surface area contributed by atoms with E-state index in [1.807, 2.05) is 0 Å². The summed E-state index contributed by atoms with van der Waals surface area (Å²) in [5.41, 5.74) is -0.235. The van der Waals surface area contributed by atoms with E-state index in [1.165, 1.54) is 19.3 Å². The van der Waals surface area contributed by atoms with E-state index in [2.05, 4.69) is 20.8 Å². The van der Waals surface area contributed by atoms with E-state index >= 15 is 0 Å². The molecule has 0 amide bonds. The second kappa shape index (κ2) is 3.37. The van der Waals surface area contributed by atoms with E-state index in [9.17, 15) is 5.11 Å². The topological polar surface area (TPSA) is 20.2 Å². The smallest absolute Gasteiger partial charge is 0.0698 e. The minimum Gasteiger partial charge on any atom is -0.389 e. The Morgan fingerprint density at radius 1 is 1.17 bits per heavy atom. The second-order valence-corrected chi connectivity index (χ2v) is 4.87. The SMILES string of the molecule is CCCC1(O)CCCCC1(C)C. The van der Waals surface area contributed by atoms with Gasteiger partial charge in [-0.2, -0.15) is 0 Å². The summed E-state index contributed by atoms with van der Waals surface area (Å²) >= 11 is 0. The molecule has 0 radical (unpaired) electrons. The summed E-state index contributed by atoms with van der Waals surface area (Å²) in [7, 11) is 0. The van der Waals surface area contributed by atoms with Crippen molar-refractivity contribution in [2.24, 2.45) is 5.41 Å². The molecule has 1 unspecified atom stereocenters. The first kappa shape index (κ1) is 10.0. The zero-order chi connectivity index (χ0) is 9.24. The van der Waals surface area contributed by atoms with Crippen molar-refractivity contribution in [3.8, 4) is 0 Å². The average Bonchev–Trinajstić information content (AvgIpc) is 1.96. The molecule has 0 aromatic heterocycles. The lowest BCUT2D eigenvalue weighted by Gasteiger charge is -2.46. The third kappa shape index (κ3) is 1.66. The normalized spacial score (nSPS) is 35.0. The van der Waals surface area contributed by atoms with Gasteiger partial charge in [0, 0.05) is 0 Å². The molecule has 1 aliphatic rings. The van der Waals surface area contributed by atoms with Crippen LogP contribution >= 0.6 is 0 Å². The van der Waals surface area contributed by atoms with Crippen LogP contribution in [0.25, 0.3) is 0 Å². The van der Waals surface area contributed by atoms with Crippen LogP contribution in [0.2, 0.25) is 0 Å². The van der Waals surface area contributed by atoms with Crippen LogP contribution in [0.15, 0.2) is 0 Å². The van der Waals surface area contributed by atoms with Crippen molar-refractivity contribution in [1.29, 1.82) is 0 Å². The molecule has 1 fully saturated rings. The van der Waals surface area contributed by atoms with Crippen molar-refractivity contribution >= 4 is 0 Å². The number of hydrogen-bond donors (Lipinski definition) is 1. The quantitative estimate of drug-likeness (QED) is 0.675. The monoisotopic (exact) mass is 170 g/mol. The summed E-state index contributed by atoms with van der Waals surface area (Å²) in [6.45, 7) is 6.58. The van der Waals surface area contributed by atoms with Crippen LogP contribution in [0.4, 0.5) is 0 Å². The first-order valence-corrected chi connectivity index (χ1v) is 5.24. The second-order valence-electron chi connectivity index (χ2n) is 4.87. The van der Waals surface area contributed by atoms with Crippen LogP contribution in [-0.4, -0.2) is 10.7 Å². The lowest BCUT2D eigenvalue weighted by Crippen LogP contribution is -2.46. The maximum atomic E-state index is 10.4. The van der Waals surface area contributed by atoms with Gasteiger partial charge in [-0.15, -0.1) is 0 Å². The summed E-state index contributed by atoms with van der Waals surface area (Å²) in [6, 6.07) is 0. The number of rotatable bonds is 2. The van der Waals surface area contributed by atoms with Crippen molar-refractivity contribution in [2.45, 2.75) is 64.9 Å². The molecule has 1 atom stereocenters. The van der Waals surface area contributed by atoms with Gasteiger partial charge in [-0.3, -0.25) is 0 Å². The number of aliphatic hydroxyl groups is 1. The highest BCUT2D eigenvalue weighted by molar-refractivity contribution is 4.95. The van der Waals surface area contributed by atoms with Crippen molar-refractivity contribution in [3.05, 3.63) is 0 Å². The molecule has 72 valence electrons. The summed E-state index contributed by atoms with van der Waals surface area (Å²) in [6.07, 6.45) is 6.76. The van der Waals surface area contributed by atoms with Crippen molar-refractivity contribution in [2.75, 3.05) is 0 Å². The fourth-order valence-electron chi connectivity index (χ4n) is 2.43. The fraction of sp³-hybridized carbons (Fsp3) is 1.00. The van der Waals surface area contributed by atoms with E-state index in [0.717, 1.165) is 19.3 Å². The van der Waals surface area contributed by atoms with E-state index < -0.39 is 0 Å². The Bertz CT molecular complexity index is 147. The van der Waals surface area contributed by atoms with Crippen LogP contribution in [0.1, 0.15) is 59.3 Å². The Balaban J connectivity index is 2.69. The molecule has 0 bridgehead atoms. The average molecular weight is 170 g/mol. The first-order valence-electron chi connectivity index (χ1n) is 5.24. The van der Waals surface area contributed by atoms with Crippen LogP contribution < -0.4 is 0 Å². The molecule has 1 rings (SSSR count). The van der Waals surface area contributed by atoms with Crippen molar-refractivity contribution in [1.82, 2.24) is 0 Å². The zero-order valence-electron chi connectivity index (χ0n) is 8.69. The van der Waals surface area contributed by atoms with Gasteiger partial charge < -0.3 is 5.11 Å². The Morgan fingerprint density at radius 2 is 1.75 bits per heavy atom. The highest BCUT2D eigenvalue weighted by Crippen LogP contribution is 2.46. The third-order valence-corrected chi connectivity index (χ3v) is 3.57. The van der Waals surface area contributed by atoms with E-state index in [4.69, 9.17) is 0 Å². The van der Waals surface area contributed by atoms with E-state index in [-0.39, 0.29) is 11.0 Å². The predicted octanol–water partition coefficient (Wildman–Crippen LogP) is 3.12. The lowest BCUT2D eigenvalue weighted by atomic mass is 9.64. The van der Waals surface area contributed by atoms with Crippen LogP contribution in [0.5, 0.6) is 0 Å². The molecule has 12 heavy (non-hydrogen) atoms. The van der Waals surface area contributed by atoms with Crippen molar-refractivity contribution in [3.63, 3.8) is 0 Å². The summed E-state index contributed by atoms with van der Waals surface area (Å²) in [5, 5.41) is 10.4. The lowest BCUT2D eigenvalue weighted by molar-refractivity contribution is -0.102. The van der Waals surface area contributed by atoms with Gasteiger partial charge in [0.15, 0.2) is 0 Å². The number of hydrogen-bond acceptors (Lipinski definition) is 1. The molecule has 0 saturated heterocycles. The largest absolute Gasteiger partial charge is 0.389 e. The molecule has 1 aliphatic carbocycles. The molecular formula is C11H22O. The van der Waals surface area contributed by atoms with Gasteiger partial charge in [0.05, 0.1) is 5.60 Å². The third-order valence-electron chi connectivity index (χ3n) is 3.57. The van der Waals surface area contributed by atoms with E-state index in [1.54, 1.807) is 0 Å². The fourth-order valence-corrected chi connectivity index (χ4v) is 2.43. The zero-order valence-corrected chi connectivity index (χ0v) is 8.69. The molecular weight excluding hydrogens is 148 g/mol. The van der Waals surface area contributed by atoms with Gasteiger partial charge in [-0.1, -0.05) is 40.0 Å². The van der Waals surface area contributed by atoms with Gasteiger partial charge in [-0.25, -0.2) is 0 Å². The summed E-state index contributed by atoms with van der Waals surface area (Å²) in [5.74, 6) is 0. The summed E-state index contributed by atoms with van der Waals surface area (Å²) in [4.78, 5) is 0. The molecule has 0 aromatic carbocycles. The maximum Gasteiger partial charge on any atom is 0.0698 e. The molecule has 1 saturated carbocycles. The maximum absolute atomic E-state index is 10.4. The molecule has 1 heteroatoms. The van der Waals surface area contributed by atoms with Gasteiger partial charge in [0.1, 0.15) is 0 Å². The Labute approximate surface area is 76.2 Å². The molecule has 0 aliphatic heterocycles. The van der Waals surface area contributed by atoms with Crippen LogP contribution in [0.3, 0.4) is 0 Å². The van der Waals surface area contributed by atoms with E-state index in [0.29, 0.717) is 0 Å². The molecule has 0 spiro atoms. The predicted molar refractivity (Wildman–Crippen MR) is 52.1 cm³/mol. The first-order chi connectivity index (χ1) is 5.52. The van der Waals surface area contributed by atoms with Gasteiger partial charge in [0.2, 0.25) is 0 Å². The molecule has 1 N–H and O–H groups in total.